The third kappa shape index (κ3) is 4.69. The summed E-state index contributed by atoms with van der Waals surface area (Å²) in [5, 5.41) is 0. The molecule has 0 saturated heterocycles. The van der Waals surface area contributed by atoms with Gasteiger partial charge >= 0.3 is 12.3 Å². The molecule has 0 aliphatic heterocycles. The Morgan fingerprint density at radius 2 is 2.05 bits per heavy atom. The Balaban J connectivity index is 3.12. The van der Waals surface area contributed by atoms with Gasteiger partial charge in [-0.25, -0.2) is 0 Å². The lowest BCUT2D eigenvalue weighted by Crippen LogP contribution is -2.20. The van der Waals surface area contributed by atoms with Crippen LogP contribution in [0.25, 0.3) is 0 Å². The number of ether oxygens (including phenoxy) is 2. The van der Waals surface area contributed by atoms with Gasteiger partial charge in [0, 0.05) is 6.54 Å². The number of carbonyl (C=O) groups is 1. The summed E-state index contributed by atoms with van der Waals surface area (Å²) in [5.74, 6) is -1.20. The van der Waals surface area contributed by atoms with E-state index >= 15 is 0 Å². The molecule has 1 heterocycles. The summed E-state index contributed by atoms with van der Waals surface area (Å²) < 4.78 is 45.6. The molecular weight excluding hydrogens is 277 g/mol. The van der Waals surface area contributed by atoms with Crippen molar-refractivity contribution in [3.8, 4) is 5.75 Å². The van der Waals surface area contributed by atoms with E-state index in [0.717, 1.165) is 6.07 Å². The van der Waals surface area contributed by atoms with Crippen LogP contribution >= 0.6 is 0 Å². The van der Waals surface area contributed by atoms with Gasteiger partial charge in [-0.3, -0.25) is 9.78 Å². The lowest BCUT2D eigenvalue weighted by atomic mass is 10.1. The molecule has 0 amide bonds. The average molecular weight is 292 g/mol. The first kappa shape index (κ1) is 16.2. The summed E-state index contributed by atoms with van der Waals surface area (Å²) >= 11 is 0. The zero-order valence-electron chi connectivity index (χ0n) is 11.1. The molecule has 0 aliphatic carbocycles. The Labute approximate surface area is 113 Å². The first-order chi connectivity index (χ1) is 9.26. The van der Waals surface area contributed by atoms with Crippen LogP contribution in [0.15, 0.2) is 6.07 Å². The number of esters is 1. The van der Waals surface area contributed by atoms with Crippen LogP contribution in [0.1, 0.15) is 23.9 Å². The van der Waals surface area contributed by atoms with E-state index in [4.69, 9.17) is 5.73 Å². The van der Waals surface area contributed by atoms with Crippen molar-refractivity contribution < 1.29 is 27.4 Å². The normalized spacial score (nSPS) is 11.3. The van der Waals surface area contributed by atoms with E-state index in [0.29, 0.717) is 11.3 Å². The van der Waals surface area contributed by atoms with Gasteiger partial charge in [0.05, 0.1) is 24.4 Å². The molecule has 0 aromatic carbocycles. The molecule has 0 saturated carbocycles. The lowest BCUT2D eigenvalue weighted by molar-refractivity contribution is -0.275. The van der Waals surface area contributed by atoms with Crippen molar-refractivity contribution in [2.45, 2.75) is 33.2 Å². The van der Waals surface area contributed by atoms with Gasteiger partial charge in [-0.1, -0.05) is 0 Å². The molecule has 0 unspecified atom stereocenters. The van der Waals surface area contributed by atoms with E-state index in [2.05, 4.69) is 14.5 Å². The van der Waals surface area contributed by atoms with E-state index in [1.165, 1.54) is 0 Å². The summed E-state index contributed by atoms with van der Waals surface area (Å²) in [7, 11) is 0. The standard InChI is InChI=1S/C12H15F3N2O3/c1-3-19-11(18)5-8-10(20-12(13,14)15)4-7(2)9(6-16)17-8/h4H,3,5-6,16H2,1-2H3. The van der Waals surface area contributed by atoms with E-state index in [1.54, 1.807) is 13.8 Å². The number of carbonyl (C=O) groups excluding carboxylic acids is 1. The molecule has 1 rings (SSSR count). The maximum Gasteiger partial charge on any atom is 0.573 e. The number of halogens is 3. The molecule has 8 heteroatoms. The minimum absolute atomic E-state index is 0.0496. The van der Waals surface area contributed by atoms with Crippen LogP contribution < -0.4 is 10.5 Å². The zero-order valence-corrected chi connectivity index (χ0v) is 11.1. The highest BCUT2D eigenvalue weighted by Crippen LogP contribution is 2.27. The van der Waals surface area contributed by atoms with Crippen molar-refractivity contribution in [2.24, 2.45) is 5.73 Å². The van der Waals surface area contributed by atoms with Crippen molar-refractivity contribution >= 4 is 5.97 Å². The maximum absolute atomic E-state index is 12.3. The highest BCUT2D eigenvalue weighted by Gasteiger charge is 2.33. The number of nitrogens with two attached hydrogens (primary N) is 1. The first-order valence-electron chi connectivity index (χ1n) is 5.87. The molecule has 0 fully saturated rings. The van der Waals surface area contributed by atoms with Crippen LogP contribution in [0, 0.1) is 6.92 Å². The van der Waals surface area contributed by atoms with E-state index in [-0.39, 0.29) is 18.8 Å². The van der Waals surface area contributed by atoms with Crippen molar-refractivity contribution in [1.82, 2.24) is 4.98 Å². The number of nitrogens with zero attached hydrogens (tertiary/aromatic N) is 1. The molecule has 2 N–H and O–H groups in total. The summed E-state index contributed by atoms with van der Waals surface area (Å²) in [6, 6.07) is 1.16. The van der Waals surface area contributed by atoms with Crippen LogP contribution in [0.2, 0.25) is 0 Å². The highest BCUT2D eigenvalue weighted by molar-refractivity contribution is 5.73. The third-order valence-corrected chi connectivity index (χ3v) is 2.39. The van der Waals surface area contributed by atoms with Crippen LogP contribution in [-0.2, 0) is 22.5 Å². The number of pyridine rings is 1. The molecule has 0 spiro atoms. The minimum Gasteiger partial charge on any atom is -0.466 e. The second kappa shape index (κ2) is 6.56. The smallest absolute Gasteiger partial charge is 0.466 e. The molecular formula is C12H15F3N2O3. The first-order valence-corrected chi connectivity index (χ1v) is 5.87. The Hall–Kier alpha value is -1.83. The lowest BCUT2D eigenvalue weighted by Gasteiger charge is -2.15. The van der Waals surface area contributed by atoms with Crippen molar-refractivity contribution in [3.05, 3.63) is 23.0 Å². The average Bonchev–Trinajstić information content (AvgIpc) is 2.30. The molecule has 1 aromatic heterocycles. The fourth-order valence-corrected chi connectivity index (χ4v) is 1.56. The van der Waals surface area contributed by atoms with Gasteiger partial charge in [-0.05, 0) is 25.5 Å². The van der Waals surface area contributed by atoms with Gasteiger partial charge < -0.3 is 15.2 Å². The second-order valence-electron chi connectivity index (χ2n) is 3.93. The fourth-order valence-electron chi connectivity index (χ4n) is 1.56. The highest BCUT2D eigenvalue weighted by atomic mass is 19.4. The maximum atomic E-state index is 12.3. The van der Waals surface area contributed by atoms with Gasteiger partial charge in [0.25, 0.3) is 0 Å². The van der Waals surface area contributed by atoms with Crippen LogP contribution in [0.5, 0.6) is 5.75 Å². The Kier molecular flexibility index (Phi) is 5.32. The molecule has 0 bridgehead atoms. The number of alkyl halides is 3. The van der Waals surface area contributed by atoms with Gasteiger partial charge in [0.1, 0.15) is 0 Å². The SMILES string of the molecule is CCOC(=O)Cc1nc(CN)c(C)cc1OC(F)(F)F. The summed E-state index contributed by atoms with van der Waals surface area (Å²) in [4.78, 5) is 15.3. The van der Waals surface area contributed by atoms with Crippen LogP contribution in [0.3, 0.4) is 0 Å². The Morgan fingerprint density at radius 3 is 2.55 bits per heavy atom. The molecule has 5 nitrogen and oxygen atoms in total. The van der Waals surface area contributed by atoms with Gasteiger partial charge in [-0.15, -0.1) is 13.2 Å². The molecule has 0 atom stereocenters. The number of aryl methyl sites for hydroxylation is 1. The van der Waals surface area contributed by atoms with Crippen molar-refractivity contribution in [3.63, 3.8) is 0 Å². The molecule has 0 aliphatic rings. The van der Waals surface area contributed by atoms with Crippen LogP contribution in [0.4, 0.5) is 13.2 Å². The minimum atomic E-state index is -4.86. The van der Waals surface area contributed by atoms with Crippen molar-refractivity contribution in [1.29, 1.82) is 0 Å². The number of rotatable bonds is 5. The number of hydrogen-bond acceptors (Lipinski definition) is 5. The predicted octanol–water partition coefficient (Wildman–Crippen LogP) is 1.85. The quantitative estimate of drug-likeness (QED) is 0.838. The predicted molar refractivity (Wildman–Crippen MR) is 63.9 cm³/mol. The van der Waals surface area contributed by atoms with E-state index in [1.807, 2.05) is 0 Å². The molecule has 1 aromatic rings. The van der Waals surface area contributed by atoms with Gasteiger partial charge in [-0.2, -0.15) is 0 Å². The topological polar surface area (TPSA) is 74.4 Å². The molecule has 0 radical (unpaired) electrons. The third-order valence-electron chi connectivity index (χ3n) is 2.39. The van der Waals surface area contributed by atoms with Crippen LogP contribution in [-0.4, -0.2) is 23.9 Å². The zero-order chi connectivity index (χ0) is 15.3. The Bertz CT molecular complexity index is 490. The number of aromatic nitrogens is 1. The van der Waals surface area contributed by atoms with Gasteiger partial charge in [0.15, 0.2) is 5.75 Å². The fraction of sp³-hybridized carbons (Fsp3) is 0.500. The van der Waals surface area contributed by atoms with E-state index in [9.17, 15) is 18.0 Å². The monoisotopic (exact) mass is 292 g/mol. The molecule has 20 heavy (non-hydrogen) atoms. The largest absolute Gasteiger partial charge is 0.573 e. The van der Waals surface area contributed by atoms with Gasteiger partial charge in [0.2, 0.25) is 0 Å². The summed E-state index contributed by atoms with van der Waals surface area (Å²) in [6.45, 7) is 3.34. The second-order valence-corrected chi connectivity index (χ2v) is 3.93. The van der Waals surface area contributed by atoms with E-state index < -0.39 is 24.5 Å². The van der Waals surface area contributed by atoms with Crippen molar-refractivity contribution in [2.75, 3.05) is 6.61 Å². The summed E-state index contributed by atoms with van der Waals surface area (Å²) in [5.41, 5.74) is 6.16. The number of hydrogen-bond donors (Lipinski definition) is 1. The Morgan fingerprint density at radius 1 is 1.40 bits per heavy atom. The summed E-state index contributed by atoms with van der Waals surface area (Å²) in [6.07, 6.45) is -5.27. The molecule has 112 valence electrons.